The molecule has 0 heterocycles. The number of hydrogen-bond acceptors (Lipinski definition) is 4. The molecule has 0 aliphatic rings. The molecule has 1 atom stereocenters. The van der Waals surface area contributed by atoms with Gasteiger partial charge in [0.05, 0.1) is 11.9 Å². The summed E-state index contributed by atoms with van der Waals surface area (Å²) in [5.41, 5.74) is 6.44. The van der Waals surface area contributed by atoms with Gasteiger partial charge in [-0.2, -0.15) is 0 Å². The summed E-state index contributed by atoms with van der Waals surface area (Å²) in [5, 5.41) is 3.07. The minimum atomic E-state index is -0.288. The van der Waals surface area contributed by atoms with Crippen molar-refractivity contribution in [2.75, 3.05) is 20.3 Å². The summed E-state index contributed by atoms with van der Waals surface area (Å²) in [6.45, 7) is 4.14. The Balaban J connectivity index is 2.48. The maximum atomic E-state index is 11.0. The van der Waals surface area contributed by atoms with Crippen molar-refractivity contribution >= 4 is 17.7 Å². The number of rotatable bonds is 8. The van der Waals surface area contributed by atoms with Crippen LogP contribution < -0.4 is 11.1 Å². The predicted molar refractivity (Wildman–Crippen MR) is 74.5 cm³/mol. The lowest BCUT2D eigenvalue weighted by Crippen LogP contribution is -2.22. The van der Waals surface area contributed by atoms with Crippen molar-refractivity contribution in [2.45, 2.75) is 23.6 Å². The van der Waals surface area contributed by atoms with Crippen LogP contribution in [0.15, 0.2) is 29.2 Å². The van der Waals surface area contributed by atoms with E-state index in [1.807, 2.05) is 19.1 Å². The second-order valence-electron chi connectivity index (χ2n) is 3.98. The van der Waals surface area contributed by atoms with Crippen molar-refractivity contribution in [2.24, 2.45) is 5.73 Å². The van der Waals surface area contributed by atoms with Crippen LogP contribution in [-0.2, 0) is 16.1 Å². The first-order valence-corrected chi connectivity index (χ1v) is 6.76. The van der Waals surface area contributed by atoms with Gasteiger partial charge in [-0.25, -0.2) is 0 Å². The van der Waals surface area contributed by atoms with Gasteiger partial charge >= 0.3 is 0 Å². The van der Waals surface area contributed by atoms with Crippen LogP contribution in [0.1, 0.15) is 12.5 Å². The third-order valence-corrected chi connectivity index (χ3v) is 3.54. The van der Waals surface area contributed by atoms with Gasteiger partial charge in [0.15, 0.2) is 0 Å². The lowest BCUT2D eigenvalue weighted by atomic mass is 10.2. The Morgan fingerprint density at radius 1 is 1.56 bits per heavy atom. The van der Waals surface area contributed by atoms with E-state index in [2.05, 4.69) is 17.4 Å². The number of hydrogen-bond donors (Lipinski definition) is 2. The highest BCUT2D eigenvalue weighted by molar-refractivity contribution is 8.00. The molecule has 4 nitrogen and oxygen atoms in total. The Labute approximate surface area is 112 Å². The van der Waals surface area contributed by atoms with Crippen LogP contribution in [0.5, 0.6) is 0 Å². The van der Waals surface area contributed by atoms with E-state index in [1.165, 1.54) is 17.3 Å². The van der Waals surface area contributed by atoms with Gasteiger partial charge in [0, 0.05) is 25.1 Å². The van der Waals surface area contributed by atoms with Crippen LogP contribution in [0.2, 0.25) is 0 Å². The first-order valence-electron chi connectivity index (χ1n) is 5.88. The summed E-state index contributed by atoms with van der Waals surface area (Å²) in [4.78, 5) is 12.1. The second kappa shape index (κ2) is 8.13. The number of carbonyl (C=O) groups excluding carboxylic acids is 1. The molecule has 1 rings (SSSR count). The molecule has 100 valence electrons. The molecule has 0 saturated carbocycles. The molecule has 0 fully saturated rings. The number of nitrogens with two attached hydrogens (primary N) is 1. The minimum absolute atomic E-state index is 0.207. The summed E-state index contributed by atoms with van der Waals surface area (Å²) in [5.74, 6) is -0.288. The van der Waals surface area contributed by atoms with Crippen molar-refractivity contribution < 1.29 is 9.53 Å². The van der Waals surface area contributed by atoms with Gasteiger partial charge in [-0.05, 0) is 24.6 Å². The summed E-state index contributed by atoms with van der Waals surface area (Å²) in [6.07, 6.45) is 0. The van der Waals surface area contributed by atoms with E-state index >= 15 is 0 Å². The highest BCUT2D eigenvalue weighted by atomic mass is 32.2. The third kappa shape index (κ3) is 5.53. The van der Waals surface area contributed by atoms with Crippen LogP contribution >= 0.6 is 11.8 Å². The maximum Gasteiger partial charge on any atom is 0.230 e. The highest BCUT2D eigenvalue weighted by Gasteiger charge is 2.10. The average molecular weight is 268 g/mol. The van der Waals surface area contributed by atoms with Crippen molar-refractivity contribution in [1.82, 2.24) is 5.32 Å². The van der Waals surface area contributed by atoms with E-state index < -0.39 is 0 Å². The van der Waals surface area contributed by atoms with Crippen LogP contribution in [0.4, 0.5) is 0 Å². The van der Waals surface area contributed by atoms with Gasteiger partial charge in [-0.3, -0.25) is 4.79 Å². The quantitative estimate of drug-likeness (QED) is 0.552. The molecule has 0 aliphatic heterocycles. The maximum absolute atomic E-state index is 11.0. The molecule has 1 amide bonds. The van der Waals surface area contributed by atoms with Crippen LogP contribution in [0.25, 0.3) is 0 Å². The lowest BCUT2D eigenvalue weighted by molar-refractivity contribution is -0.117. The van der Waals surface area contributed by atoms with Gasteiger partial charge in [-0.1, -0.05) is 12.1 Å². The number of primary amides is 1. The van der Waals surface area contributed by atoms with Crippen molar-refractivity contribution in [3.8, 4) is 0 Å². The zero-order valence-corrected chi connectivity index (χ0v) is 11.6. The number of ether oxygens (including phenoxy) is 1. The number of nitrogens with one attached hydrogen (secondary N) is 1. The van der Waals surface area contributed by atoms with E-state index in [-0.39, 0.29) is 11.2 Å². The molecule has 0 aliphatic carbocycles. The van der Waals surface area contributed by atoms with Crippen LogP contribution in [-0.4, -0.2) is 31.4 Å². The normalized spacial score (nSPS) is 12.3. The van der Waals surface area contributed by atoms with Crippen LogP contribution in [0.3, 0.4) is 0 Å². The Kier molecular flexibility index (Phi) is 6.78. The fourth-order valence-corrected chi connectivity index (χ4v) is 2.30. The van der Waals surface area contributed by atoms with E-state index in [1.54, 1.807) is 7.11 Å². The summed E-state index contributed by atoms with van der Waals surface area (Å²) in [7, 11) is 1.68. The van der Waals surface area contributed by atoms with E-state index in [9.17, 15) is 4.79 Å². The molecule has 5 heteroatoms. The molecule has 18 heavy (non-hydrogen) atoms. The molecular formula is C13H20N2O2S. The summed E-state index contributed by atoms with van der Waals surface area (Å²) in [6, 6.07) is 8.11. The van der Waals surface area contributed by atoms with Crippen molar-refractivity contribution in [3.05, 3.63) is 29.8 Å². The largest absolute Gasteiger partial charge is 0.383 e. The van der Waals surface area contributed by atoms with Gasteiger partial charge < -0.3 is 15.8 Å². The van der Waals surface area contributed by atoms with E-state index in [0.29, 0.717) is 6.61 Å². The number of carbonyl (C=O) groups is 1. The summed E-state index contributed by atoms with van der Waals surface area (Å²) >= 11 is 1.48. The summed E-state index contributed by atoms with van der Waals surface area (Å²) < 4.78 is 4.96. The SMILES string of the molecule is COCCNCc1cccc(SC(C)C(N)=O)c1. The Bertz CT molecular complexity index is 385. The topological polar surface area (TPSA) is 64.3 Å². The first kappa shape index (κ1) is 15.0. The number of benzene rings is 1. The molecule has 0 spiro atoms. The number of amides is 1. The first-order chi connectivity index (χ1) is 8.63. The molecule has 1 unspecified atom stereocenters. The molecule has 0 radical (unpaired) electrons. The Morgan fingerprint density at radius 2 is 2.33 bits per heavy atom. The smallest absolute Gasteiger partial charge is 0.230 e. The zero-order valence-electron chi connectivity index (χ0n) is 10.8. The second-order valence-corrected chi connectivity index (χ2v) is 5.39. The third-order valence-electron chi connectivity index (χ3n) is 2.42. The number of methoxy groups -OCH3 is 1. The molecule has 0 saturated heterocycles. The molecule has 1 aromatic carbocycles. The highest BCUT2D eigenvalue weighted by Crippen LogP contribution is 2.23. The van der Waals surface area contributed by atoms with Crippen molar-refractivity contribution in [3.63, 3.8) is 0 Å². The van der Waals surface area contributed by atoms with Crippen molar-refractivity contribution in [1.29, 1.82) is 0 Å². The zero-order chi connectivity index (χ0) is 13.4. The number of thioether (sulfide) groups is 1. The molecule has 1 aromatic rings. The monoisotopic (exact) mass is 268 g/mol. The fraction of sp³-hybridized carbons (Fsp3) is 0.462. The van der Waals surface area contributed by atoms with E-state index in [4.69, 9.17) is 10.5 Å². The lowest BCUT2D eigenvalue weighted by Gasteiger charge is -2.09. The molecule has 3 N–H and O–H groups in total. The standard InChI is InChI=1S/C13H20N2O2S/c1-10(13(14)16)18-12-5-3-4-11(8-12)9-15-6-7-17-2/h3-5,8,10,15H,6-7,9H2,1-2H3,(H2,14,16). The Morgan fingerprint density at radius 3 is 3.00 bits per heavy atom. The predicted octanol–water partition coefficient (Wildman–Crippen LogP) is 1.39. The average Bonchev–Trinajstić information content (AvgIpc) is 2.35. The molecule has 0 bridgehead atoms. The fourth-order valence-electron chi connectivity index (χ4n) is 1.40. The van der Waals surface area contributed by atoms with Gasteiger partial charge in [0.25, 0.3) is 0 Å². The minimum Gasteiger partial charge on any atom is -0.383 e. The van der Waals surface area contributed by atoms with Gasteiger partial charge in [0.1, 0.15) is 0 Å². The van der Waals surface area contributed by atoms with Gasteiger partial charge in [-0.15, -0.1) is 11.8 Å². The Hall–Kier alpha value is -1.04. The molecule has 0 aromatic heterocycles. The van der Waals surface area contributed by atoms with Gasteiger partial charge in [0.2, 0.25) is 5.91 Å². The molecular weight excluding hydrogens is 248 g/mol. The van der Waals surface area contributed by atoms with Crippen LogP contribution in [0, 0.1) is 0 Å². The van der Waals surface area contributed by atoms with E-state index in [0.717, 1.165) is 18.0 Å².